The summed E-state index contributed by atoms with van der Waals surface area (Å²) in [5.74, 6) is -3.62. The molecule has 1 aromatic carbocycles. The summed E-state index contributed by atoms with van der Waals surface area (Å²) in [5.41, 5.74) is -1.15. The molecule has 1 aliphatic carbocycles. The number of ether oxygens (including phenoxy) is 4. The molecule has 168 valence electrons. The molecule has 0 saturated carbocycles. The van der Waals surface area contributed by atoms with Crippen LogP contribution in [0.4, 0.5) is 0 Å². The number of aliphatic hydroxyl groups is 1. The van der Waals surface area contributed by atoms with Crippen molar-refractivity contribution in [2.45, 2.75) is 50.3 Å². The van der Waals surface area contributed by atoms with Crippen molar-refractivity contribution in [1.29, 1.82) is 0 Å². The first kappa shape index (κ1) is 21.8. The van der Waals surface area contributed by atoms with Crippen molar-refractivity contribution < 1.29 is 43.9 Å². The summed E-state index contributed by atoms with van der Waals surface area (Å²) in [7, 11) is 1.59. The molecule has 1 aromatic rings. The lowest BCUT2D eigenvalue weighted by Gasteiger charge is -2.46. The van der Waals surface area contributed by atoms with Gasteiger partial charge in [0.05, 0.1) is 19.3 Å². The zero-order chi connectivity index (χ0) is 22.6. The molecule has 0 aromatic heterocycles. The highest BCUT2D eigenvalue weighted by atomic mass is 16.7. The number of benzene rings is 1. The maximum Gasteiger partial charge on any atom is 0.342 e. The number of methoxy groups -OCH3 is 1. The number of aromatic hydroxyl groups is 2. The van der Waals surface area contributed by atoms with E-state index in [1.165, 1.54) is 26.0 Å². The largest absolute Gasteiger partial charge is 0.508 e. The Bertz CT molecular complexity index is 927. The second kappa shape index (κ2) is 7.59. The average molecular weight is 434 g/mol. The van der Waals surface area contributed by atoms with Gasteiger partial charge in [-0.05, 0) is 31.6 Å². The van der Waals surface area contributed by atoms with Gasteiger partial charge in [0.2, 0.25) is 0 Å². The van der Waals surface area contributed by atoms with Crippen LogP contribution < -0.4 is 0 Å². The van der Waals surface area contributed by atoms with Crippen LogP contribution in [-0.2, 0) is 23.7 Å². The minimum absolute atomic E-state index is 0.0736. The van der Waals surface area contributed by atoms with Crippen LogP contribution in [0.25, 0.3) is 0 Å². The van der Waals surface area contributed by atoms with Crippen molar-refractivity contribution in [1.82, 2.24) is 0 Å². The van der Waals surface area contributed by atoms with Crippen molar-refractivity contribution in [2.75, 3.05) is 20.3 Å². The fourth-order valence-corrected chi connectivity index (χ4v) is 4.60. The molecular formula is C22H26O9. The molecule has 0 unspecified atom stereocenters. The van der Waals surface area contributed by atoms with E-state index < -0.39 is 40.9 Å². The number of fused-ring (bicyclic) bond motifs is 1. The molecule has 1 spiro atoms. The quantitative estimate of drug-likeness (QED) is 0.603. The topological polar surface area (TPSA) is 132 Å². The summed E-state index contributed by atoms with van der Waals surface area (Å²) in [4.78, 5) is 25.6. The Morgan fingerprint density at radius 1 is 1.23 bits per heavy atom. The summed E-state index contributed by atoms with van der Waals surface area (Å²) >= 11 is 0. The summed E-state index contributed by atoms with van der Waals surface area (Å²) in [6, 6.07) is 2.33. The van der Waals surface area contributed by atoms with Crippen molar-refractivity contribution in [3.8, 4) is 11.5 Å². The maximum absolute atomic E-state index is 12.9. The second-order valence-electron chi connectivity index (χ2n) is 8.59. The number of phenols is 2. The molecule has 0 bridgehead atoms. The smallest absolute Gasteiger partial charge is 0.342 e. The molecule has 0 radical (unpaired) electrons. The van der Waals surface area contributed by atoms with Crippen LogP contribution in [-0.4, -0.2) is 71.0 Å². The molecule has 9 heteroatoms. The number of phenolic OH excluding ortho intramolecular Hbond substituents is 2. The van der Waals surface area contributed by atoms with E-state index in [-0.39, 0.29) is 30.4 Å². The maximum atomic E-state index is 12.9. The predicted octanol–water partition coefficient (Wildman–Crippen LogP) is 1.36. The first-order valence-corrected chi connectivity index (χ1v) is 10.1. The Labute approximate surface area is 179 Å². The van der Waals surface area contributed by atoms with E-state index in [0.717, 1.165) is 6.07 Å². The third kappa shape index (κ3) is 3.71. The summed E-state index contributed by atoms with van der Waals surface area (Å²) < 4.78 is 22.8. The van der Waals surface area contributed by atoms with Crippen LogP contribution >= 0.6 is 0 Å². The fourth-order valence-electron chi connectivity index (χ4n) is 4.60. The molecule has 31 heavy (non-hydrogen) atoms. The fraction of sp³-hybridized carbons (Fsp3) is 0.545. The van der Waals surface area contributed by atoms with Crippen LogP contribution in [0.2, 0.25) is 0 Å². The van der Waals surface area contributed by atoms with Gasteiger partial charge in [-0.25, -0.2) is 4.79 Å². The Kier molecular flexibility index (Phi) is 5.33. The Balaban J connectivity index is 1.61. The van der Waals surface area contributed by atoms with Crippen LogP contribution in [0.15, 0.2) is 23.8 Å². The Morgan fingerprint density at radius 2 is 1.94 bits per heavy atom. The first-order chi connectivity index (χ1) is 14.6. The standard InChI is InChI=1S/C22H26O9/c1-11-4-13(23)6-16(24)18(11)20(26)31-19-15-10-30-22(8-14(28-3)9-29-22)7-12(15)5-17(25)21(19,2)27/h4-6,14-15,19,23-24,27H,7-10H2,1-3H3/t14-,15-,19+,21-,22-/m1/s1. The lowest BCUT2D eigenvalue weighted by molar-refractivity contribution is -0.239. The number of esters is 1. The summed E-state index contributed by atoms with van der Waals surface area (Å²) in [6.07, 6.45) is 0.831. The van der Waals surface area contributed by atoms with E-state index in [1.54, 1.807) is 7.11 Å². The normalized spacial score (nSPS) is 35.0. The van der Waals surface area contributed by atoms with Crippen LogP contribution in [0.5, 0.6) is 11.5 Å². The minimum Gasteiger partial charge on any atom is -0.508 e. The molecule has 2 saturated heterocycles. The van der Waals surface area contributed by atoms with Crippen LogP contribution in [0.1, 0.15) is 35.7 Å². The van der Waals surface area contributed by atoms with Crippen molar-refractivity contribution in [2.24, 2.45) is 5.92 Å². The van der Waals surface area contributed by atoms with Crippen molar-refractivity contribution in [3.05, 3.63) is 34.9 Å². The lowest BCUT2D eigenvalue weighted by Crippen LogP contribution is -2.58. The molecule has 3 aliphatic rings. The van der Waals surface area contributed by atoms with Gasteiger partial charge < -0.3 is 34.3 Å². The molecule has 2 aliphatic heterocycles. The Morgan fingerprint density at radius 3 is 2.58 bits per heavy atom. The molecule has 3 N–H and O–H groups in total. The third-order valence-electron chi connectivity index (χ3n) is 6.35. The molecule has 2 fully saturated rings. The Hall–Kier alpha value is -2.46. The van der Waals surface area contributed by atoms with E-state index in [2.05, 4.69) is 0 Å². The van der Waals surface area contributed by atoms with Gasteiger partial charge in [-0.1, -0.05) is 5.57 Å². The average Bonchev–Trinajstić information content (AvgIpc) is 3.07. The number of hydrogen-bond donors (Lipinski definition) is 3. The highest BCUT2D eigenvalue weighted by Crippen LogP contribution is 2.46. The summed E-state index contributed by atoms with van der Waals surface area (Å²) in [5, 5.41) is 30.6. The van der Waals surface area contributed by atoms with Crippen LogP contribution in [0.3, 0.4) is 0 Å². The SMILES string of the molecule is CO[C@H]1CO[C@@]2(CC3=CC(=O)[C@@](C)(O)[C@@H](OC(=O)c4c(C)cc(O)cc4O)[C@@H]3CO2)C1. The number of aryl methyl sites for hydroxylation is 1. The van der Waals surface area contributed by atoms with E-state index in [0.29, 0.717) is 24.2 Å². The molecule has 5 atom stereocenters. The number of ketones is 1. The van der Waals surface area contributed by atoms with Gasteiger partial charge in [0.1, 0.15) is 23.2 Å². The van der Waals surface area contributed by atoms with E-state index in [4.69, 9.17) is 18.9 Å². The van der Waals surface area contributed by atoms with Gasteiger partial charge in [-0.3, -0.25) is 4.79 Å². The number of carbonyl (C=O) groups excluding carboxylic acids is 2. The second-order valence-corrected chi connectivity index (χ2v) is 8.59. The molecule has 2 heterocycles. The van der Waals surface area contributed by atoms with Gasteiger partial charge in [0.25, 0.3) is 0 Å². The summed E-state index contributed by atoms with van der Waals surface area (Å²) in [6.45, 7) is 3.27. The molecule has 0 amide bonds. The van der Waals surface area contributed by atoms with E-state index in [1.807, 2.05) is 0 Å². The van der Waals surface area contributed by atoms with Gasteiger partial charge in [0.15, 0.2) is 17.2 Å². The first-order valence-electron chi connectivity index (χ1n) is 10.1. The number of rotatable bonds is 3. The van der Waals surface area contributed by atoms with E-state index >= 15 is 0 Å². The number of hydrogen-bond acceptors (Lipinski definition) is 9. The van der Waals surface area contributed by atoms with Gasteiger partial charge in [-0.15, -0.1) is 0 Å². The van der Waals surface area contributed by atoms with Crippen LogP contribution in [0, 0.1) is 12.8 Å². The van der Waals surface area contributed by atoms with E-state index in [9.17, 15) is 24.9 Å². The monoisotopic (exact) mass is 434 g/mol. The third-order valence-corrected chi connectivity index (χ3v) is 6.35. The van der Waals surface area contributed by atoms with Gasteiger partial charge in [0, 0.05) is 31.9 Å². The highest BCUT2D eigenvalue weighted by molar-refractivity contribution is 6.00. The molecule has 9 nitrogen and oxygen atoms in total. The molecule has 4 rings (SSSR count). The van der Waals surface area contributed by atoms with Gasteiger partial charge in [-0.2, -0.15) is 0 Å². The van der Waals surface area contributed by atoms with Gasteiger partial charge >= 0.3 is 5.97 Å². The minimum atomic E-state index is -1.97. The van der Waals surface area contributed by atoms with Crippen molar-refractivity contribution >= 4 is 11.8 Å². The lowest BCUT2D eigenvalue weighted by atomic mass is 9.72. The zero-order valence-corrected chi connectivity index (χ0v) is 17.6. The zero-order valence-electron chi connectivity index (χ0n) is 17.6. The predicted molar refractivity (Wildman–Crippen MR) is 106 cm³/mol. The highest BCUT2D eigenvalue weighted by Gasteiger charge is 2.56. The van der Waals surface area contributed by atoms with Crippen molar-refractivity contribution in [3.63, 3.8) is 0 Å². The number of carbonyl (C=O) groups is 2. The molecular weight excluding hydrogens is 408 g/mol.